The number of rotatable bonds is 9. The van der Waals surface area contributed by atoms with Crippen LogP contribution >= 0.6 is 0 Å². The normalized spacial score (nSPS) is 49.6. The van der Waals surface area contributed by atoms with Crippen LogP contribution in [-0.2, 0) is 29.0 Å². The molecule has 0 aromatic rings. The number of aliphatic hydroxyl groups is 3. The summed E-state index contributed by atoms with van der Waals surface area (Å²) in [6.45, 7) is 13.6. The number of hydrogen-bond donors (Lipinski definition) is 3. The van der Waals surface area contributed by atoms with Crippen LogP contribution in [0.4, 0.5) is 0 Å². The van der Waals surface area contributed by atoms with Crippen molar-refractivity contribution in [2.24, 2.45) is 53.3 Å². The minimum Gasteiger partial charge on any atom is -0.396 e. The molecule has 8 rings (SSSR count). The Hall–Kier alpha value is -0.360. The van der Waals surface area contributed by atoms with Gasteiger partial charge in [0.25, 0.3) is 0 Å². The number of fused-ring (bicyclic) bond motifs is 6. The highest BCUT2D eigenvalue weighted by Gasteiger charge is 2.62. The third kappa shape index (κ3) is 5.65. The van der Waals surface area contributed by atoms with Gasteiger partial charge in [-0.1, -0.05) is 27.7 Å². The summed E-state index contributed by atoms with van der Waals surface area (Å²) < 4.78 is 12.5. The molecule has 9 heteroatoms. The molecule has 248 valence electrons. The van der Waals surface area contributed by atoms with Crippen LogP contribution in [0, 0.1) is 53.3 Å². The van der Waals surface area contributed by atoms with E-state index in [0.717, 1.165) is 51.4 Å². The first-order valence-electron chi connectivity index (χ1n) is 17.3. The maximum atomic E-state index is 11.6. The van der Waals surface area contributed by atoms with Crippen molar-refractivity contribution in [1.82, 2.24) is 0 Å². The fourth-order valence-electron chi connectivity index (χ4n) is 10.4. The van der Waals surface area contributed by atoms with Gasteiger partial charge >= 0.3 is 0 Å². The van der Waals surface area contributed by atoms with Gasteiger partial charge in [-0.2, -0.15) is 0 Å². The molecule has 6 unspecified atom stereocenters. The summed E-state index contributed by atoms with van der Waals surface area (Å²) in [5, 5.41) is 33.7. The summed E-state index contributed by atoms with van der Waals surface area (Å²) in [6.07, 6.45) is 7.20. The van der Waals surface area contributed by atoms with E-state index in [2.05, 4.69) is 27.7 Å². The van der Waals surface area contributed by atoms with E-state index >= 15 is 0 Å². The van der Waals surface area contributed by atoms with E-state index < -0.39 is 35.0 Å². The average molecular weight is 611 g/mol. The second kappa shape index (κ2) is 12.0. The molecule has 2 spiro atoms. The number of ether oxygens (including phenoxy) is 2. The molecule has 8 aliphatic rings. The molecule has 9 nitrogen and oxygen atoms in total. The molecule has 6 aliphatic heterocycles. The first-order valence-corrected chi connectivity index (χ1v) is 17.3. The molecule has 4 bridgehead atoms. The lowest BCUT2D eigenvalue weighted by atomic mass is 9.58. The standard InChI is InChI=1S/C34H58O9/c1-20-7-9-27(33-18-38-31(5,40-42-33)13-11-25(20)33)22(3)29(36)15-24(17-35)16-30(37)23(4)28-10-8-21(2)26-12-14-32(6)39-19-34(26,28)43-41-32/h20-30,35-37H,7-19H2,1-6H3/t20-,21-,22?,23?,24?,25+,26?,27+,28+,29?,30?,31-,32-,33-,34-/m1/s1. The maximum absolute atomic E-state index is 11.6. The van der Waals surface area contributed by atoms with Gasteiger partial charge in [0.05, 0.1) is 25.4 Å². The van der Waals surface area contributed by atoms with Crippen LogP contribution in [0.15, 0.2) is 0 Å². The van der Waals surface area contributed by atoms with Crippen molar-refractivity contribution in [2.75, 3.05) is 19.8 Å². The zero-order valence-electron chi connectivity index (χ0n) is 27.3. The fourth-order valence-corrected chi connectivity index (χ4v) is 10.4. The van der Waals surface area contributed by atoms with Gasteiger partial charge in [0.15, 0.2) is 11.6 Å². The Morgan fingerprint density at radius 3 is 1.42 bits per heavy atom. The third-order valence-corrected chi connectivity index (χ3v) is 13.4. The largest absolute Gasteiger partial charge is 0.396 e. The molecular weight excluding hydrogens is 552 g/mol. The highest BCUT2D eigenvalue weighted by atomic mass is 17.3. The maximum Gasteiger partial charge on any atom is 0.198 e. The first kappa shape index (κ1) is 32.6. The first-order chi connectivity index (χ1) is 20.4. The van der Waals surface area contributed by atoms with Gasteiger partial charge in [0, 0.05) is 19.4 Å². The van der Waals surface area contributed by atoms with E-state index in [1.54, 1.807) is 0 Å². The van der Waals surface area contributed by atoms with E-state index in [4.69, 9.17) is 29.0 Å². The molecule has 2 saturated carbocycles. The lowest BCUT2D eigenvalue weighted by Crippen LogP contribution is -2.61. The van der Waals surface area contributed by atoms with Crippen LogP contribution in [0.25, 0.3) is 0 Å². The summed E-state index contributed by atoms with van der Waals surface area (Å²) in [5.74, 6) is 0.0455. The van der Waals surface area contributed by atoms with E-state index in [0.29, 0.717) is 49.7 Å². The molecule has 0 radical (unpaired) electrons. The Labute approximate surface area is 258 Å². The predicted molar refractivity (Wildman–Crippen MR) is 158 cm³/mol. The molecule has 0 aromatic carbocycles. The topological polar surface area (TPSA) is 116 Å². The minimum atomic E-state index is -0.698. The van der Waals surface area contributed by atoms with Crippen LogP contribution in [0.5, 0.6) is 0 Å². The molecule has 2 aliphatic carbocycles. The summed E-state index contributed by atoms with van der Waals surface area (Å²) in [4.78, 5) is 24.3. The van der Waals surface area contributed by atoms with Gasteiger partial charge < -0.3 is 24.8 Å². The van der Waals surface area contributed by atoms with Gasteiger partial charge in [0.2, 0.25) is 0 Å². The molecule has 6 saturated heterocycles. The third-order valence-electron chi connectivity index (χ3n) is 13.4. The van der Waals surface area contributed by atoms with Crippen LogP contribution in [-0.4, -0.2) is 70.1 Å². The lowest BCUT2D eigenvalue weighted by Gasteiger charge is -2.54. The van der Waals surface area contributed by atoms with Gasteiger partial charge in [-0.15, -0.1) is 0 Å². The SMILES string of the molecule is CC(C(O)CC(CO)CC(O)C(C)[C@@H]1CC[C@@H](C)C2CC[C@]3(C)OC[C@@]21OO3)[C@@H]1CC[C@@H](C)[C@@H]2CC[C@]3(C)OC[C@]12OO3. The molecular formula is C34H58O9. The Morgan fingerprint density at radius 2 is 1.07 bits per heavy atom. The van der Waals surface area contributed by atoms with Crippen molar-refractivity contribution in [3.8, 4) is 0 Å². The van der Waals surface area contributed by atoms with Crippen LogP contribution in [0.3, 0.4) is 0 Å². The monoisotopic (exact) mass is 610 g/mol. The molecule has 43 heavy (non-hydrogen) atoms. The van der Waals surface area contributed by atoms with E-state index in [1.807, 2.05) is 13.8 Å². The van der Waals surface area contributed by atoms with E-state index in [1.165, 1.54) is 0 Å². The Balaban J connectivity index is 1.11. The Morgan fingerprint density at radius 1 is 0.651 bits per heavy atom. The number of aliphatic hydroxyl groups excluding tert-OH is 3. The zero-order chi connectivity index (χ0) is 30.8. The summed E-state index contributed by atoms with van der Waals surface area (Å²) in [7, 11) is 0. The molecule has 3 N–H and O–H groups in total. The van der Waals surface area contributed by atoms with Crippen molar-refractivity contribution < 1.29 is 44.3 Å². The van der Waals surface area contributed by atoms with Crippen molar-refractivity contribution in [1.29, 1.82) is 0 Å². The van der Waals surface area contributed by atoms with Crippen LogP contribution in [0.1, 0.15) is 106 Å². The Kier molecular flexibility index (Phi) is 9.11. The molecule has 0 aromatic heterocycles. The summed E-state index contributed by atoms with van der Waals surface area (Å²) in [6, 6.07) is 0. The second-order valence-corrected chi connectivity index (χ2v) is 16.1. The quantitative estimate of drug-likeness (QED) is 0.305. The molecule has 15 atom stereocenters. The summed E-state index contributed by atoms with van der Waals surface area (Å²) in [5.41, 5.74) is -1.13. The smallest absolute Gasteiger partial charge is 0.198 e. The van der Waals surface area contributed by atoms with Gasteiger partial charge in [-0.3, -0.25) is 0 Å². The fraction of sp³-hybridized carbons (Fsp3) is 1.00. The molecule has 0 amide bonds. The average Bonchev–Trinajstić information content (AvgIpc) is 3.39. The second-order valence-electron chi connectivity index (χ2n) is 16.1. The van der Waals surface area contributed by atoms with Crippen molar-refractivity contribution >= 4 is 0 Å². The van der Waals surface area contributed by atoms with Gasteiger partial charge in [-0.05, 0) is 118 Å². The zero-order valence-corrected chi connectivity index (χ0v) is 27.3. The van der Waals surface area contributed by atoms with Crippen molar-refractivity contribution in [3.63, 3.8) is 0 Å². The van der Waals surface area contributed by atoms with Crippen LogP contribution < -0.4 is 0 Å². The molecule has 6 heterocycles. The van der Waals surface area contributed by atoms with Gasteiger partial charge in [-0.25, -0.2) is 19.6 Å². The van der Waals surface area contributed by atoms with E-state index in [9.17, 15) is 15.3 Å². The lowest BCUT2D eigenvalue weighted by molar-refractivity contribution is -0.517. The van der Waals surface area contributed by atoms with E-state index in [-0.39, 0.29) is 36.2 Å². The Bertz CT molecular complexity index is 884. The summed E-state index contributed by atoms with van der Waals surface area (Å²) >= 11 is 0. The highest BCUT2D eigenvalue weighted by molar-refractivity contribution is 5.07. The van der Waals surface area contributed by atoms with Gasteiger partial charge in [0.1, 0.15) is 11.2 Å². The minimum absolute atomic E-state index is 0.0713. The highest BCUT2D eigenvalue weighted by Crippen LogP contribution is 2.57. The number of hydrogen-bond acceptors (Lipinski definition) is 9. The van der Waals surface area contributed by atoms with Crippen LogP contribution in [0.2, 0.25) is 0 Å². The molecule has 8 fully saturated rings. The van der Waals surface area contributed by atoms with Crippen molar-refractivity contribution in [2.45, 2.75) is 141 Å². The predicted octanol–water partition coefficient (Wildman–Crippen LogP) is 5.15. The van der Waals surface area contributed by atoms with Crippen molar-refractivity contribution in [3.05, 3.63) is 0 Å².